The van der Waals surface area contributed by atoms with Crippen LogP contribution in [-0.4, -0.2) is 28.7 Å². The van der Waals surface area contributed by atoms with Crippen molar-refractivity contribution in [2.24, 2.45) is 0 Å². The van der Waals surface area contributed by atoms with E-state index in [0.29, 0.717) is 17.8 Å². The fourth-order valence-electron chi connectivity index (χ4n) is 2.93. The van der Waals surface area contributed by atoms with Crippen LogP contribution in [0, 0.1) is 0 Å². The Balaban J connectivity index is 2.07. The fraction of sp³-hybridized carbons (Fsp3) is 0.263. The molecule has 2 N–H and O–H groups in total. The first kappa shape index (κ1) is 21.6. The third-order valence-electron chi connectivity index (χ3n) is 4.28. The summed E-state index contributed by atoms with van der Waals surface area (Å²) in [6, 6.07) is 6.55. The summed E-state index contributed by atoms with van der Waals surface area (Å²) >= 11 is 0. The molecule has 30 heavy (non-hydrogen) atoms. The highest BCUT2D eigenvalue weighted by Gasteiger charge is 2.38. The van der Waals surface area contributed by atoms with E-state index in [4.69, 9.17) is 4.74 Å². The molecule has 2 aromatic heterocycles. The Morgan fingerprint density at radius 3 is 2.43 bits per heavy atom. The summed E-state index contributed by atoms with van der Waals surface area (Å²) in [5.74, 6) is 0.180. The van der Waals surface area contributed by atoms with Gasteiger partial charge < -0.3 is 15.2 Å². The Labute approximate surface area is 166 Å². The van der Waals surface area contributed by atoms with Crippen LogP contribution in [0.2, 0.25) is 0 Å². The highest BCUT2D eigenvalue weighted by molar-refractivity contribution is 5.86. The molecule has 0 saturated heterocycles. The fourth-order valence-corrected chi connectivity index (χ4v) is 2.93. The maximum absolute atomic E-state index is 13.3. The maximum atomic E-state index is 13.3. The Kier molecular flexibility index (Phi) is 5.75. The first-order chi connectivity index (χ1) is 14.0. The van der Waals surface area contributed by atoms with E-state index < -0.39 is 35.2 Å². The summed E-state index contributed by atoms with van der Waals surface area (Å²) in [6.45, 7) is -0.311. The van der Waals surface area contributed by atoms with Crippen LogP contribution in [0.3, 0.4) is 0 Å². The van der Waals surface area contributed by atoms with Gasteiger partial charge in [0.2, 0.25) is 5.88 Å². The van der Waals surface area contributed by atoms with Crippen LogP contribution in [-0.2, 0) is 12.4 Å². The van der Waals surface area contributed by atoms with Crippen LogP contribution in [0.4, 0.5) is 32.0 Å². The molecular weight excluding hydrogens is 416 g/mol. The Morgan fingerprint density at radius 2 is 1.80 bits per heavy atom. The summed E-state index contributed by atoms with van der Waals surface area (Å²) in [5.41, 5.74) is -3.72. The van der Waals surface area contributed by atoms with E-state index in [1.54, 1.807) is 12.1 Å². The lowest BCUT2D eigenvalue weighted by Crippen LogP contribution is -2.17. The van der Waals surface area contributed by atoms with Gasteiger partial charge >= 0.3 is 12.4 Å². The molecule has 0 aliphatic heterocycles. The number of benzene rings is 1. The predicted molar refractivity (Wildman–Crippen MR) is 96.0 cm³/mol. The van der Waals surface area contributed by atoms with Crippen molar-refractivity contribution in [1.82, 2.24) is 9.97 Å². The number of nitrogens with zero attached hydrogens (tertiary/aromatic N) is 2. The summed E-state index contributed by atoms with van der Waals surface area (Å²) in [7, 11) is 1.36. The van der Waals surface area contributed by atoms with Gasteiger partial charge in [0.15, 0.2) is 0 Å². The van der Waals surface area contributed by atoms with Crippen LogP contribution in [0.25, 0.3) is 10.9 Å². The summed E-state index contributed by atoms with van der Waals surface area (Å²) in [4.78, 5) is 7.13. The zero-order valence-corrected chi connectivity index (χ0v) is 15.3. The molecule has 0 aliphatic carbocycles. The third-order valence-corrected chi connectivity index (χ3v) is 4.28. The van der Waals surface area contributed by atoms with Gasteiger partial charge in [-0.05, 0) is 29.8 Å². The molecule has 0 saturated carbocycles. The molecule has 1 unspecified atom stereocenters. The number of hydrogen-bond donors (Lipinski definition) is 2. The smallest absolute Gasteiger partial charge is 0.433 e. The predicted octanol–water partition coefficient (Wildman–Crippen LogP) is 4.82. The molecule has 5 nitrogen and oxygen atoms in total. The van der Waals surface area contributed by atoms with Gasteiger partial charge in [0.1, 0.15) is 5.69 Å². The van der Waals surface area contributed by atoms with Crippen molar-refractivity contribution in [3.8, 4) is 5.88 Å². The van der Waals surface area contributed by atoms with E-state index in [9.17, 15) is 31.4 Å². The number of ether oxygens (including phenoxy) is 1. The first-order valence-electron chi connectivity index (χ1n) is 8.51. The Hall–Kier alpha value is -3.08. The molecular formula is C19H15F6N3O2. The molecule has 0 amide bonds. The number of anilines is 1. The average molecular weight is 431 g/mol. The number of methoxy groups -OCH3 is 1. The molecule has 0 bridgehead atoms. The van der Waals surface area contributed by atoms with Crippen molar-refractivity contribution in [2.45, 2.75) is 18.5 Å². The Bertz CT molecular complexity index is 1050. The summed E-state index contributed by atoms with van der Waals surface area (Å²) in [6.07, 6.45) is -10.0. The van der Waals surface area contributed by atoms with Crippen molar-refractivity contribution in [1.29, 1.82) is 0 Å². The van der Waals surface area contributed by atoms with E-state index in [1.165, 1.54) is 19.4 Å². The van der Waals surface area contributed by atoms with Gasteiger partial charge in [-0.2, -0.15) is 26.3 Å². The van der Waals surface area contributed by atoms with Crippen LogP contribution in [0.15, 0.2) is 42.6 Å². The zero-order chi connectivity index (χ0) is 22.1. The molecule has 0 fully saturated rings. The number of alkyl halides is 6. The SMILES string of the molecule is COc1ncccc1NCC(O)c1cc(C(F)(F)F)nc2c(C(F)(F)F)cccc12. The quantitative estimate of drug-likeness (QED) is 0.567. The topological polar surface area (TPSA) is 67.3 Å². The van der Waals surface area contributed by atoms with Crippen LogP contribution >= 0.6 is 0 Å². The standard InChI is InChI=1S/C19H15F6N3O2/c1-30-17-13(6-3-7-26-17)27-9-14(29)11-8-15(19(23,24)25)28-16-10(11)4-2-5-12(16)18(20,21)22/h2-8,14,27,29H,9H2,1H3. The van der Waals surface area contributed by atoms with Crippen molar-refractivity contribution in [3.63, 3.8) is 0 Å². The minimum atomic E-state index is -5.00. The van der Waals surface area contributed by atoms with Gasteiger partial charge in [0.25, 0.3) is 0 Å². The highest BCUT2D eigenvalue weighted by Crippen LogP contribution is 2.39. The molecule has 160 valence electrons. The molecule has 1 aromatic carbocycles. The first-order valence-corrected chi connectivity index (χ1v) is 8.51. The number of aromatic nitrogens is 2. The zero-order valence-electron chi connectivity index (χ0n) is 15.3. The van der Waals surface area contributed by atoms with Gasteiger partial charge in [-0.25, -0.2) is 9.97 Å². The van der Waals surface area contributed by atoms with Crippen LogP contribution in [0.1, 0.15) is 22.9 Å². The number of aliphatic hydroxyl groups is 1. The monoisotopic (exact) mass is 431 g/mol. The number of hydrogen-bond acceptors (Lipinski definition) is 5. The molecule has 3 aromatic rings. The van der Waals surface area contributed by atoms with E-state index >= 15 is 0 Å². The molecule has 2 heterocycles. The van der Waals surface area contributed by atoms with Crippen molar-refractivity contribution < 1.29 is 36.2 Å². The number of rotatable bonds is 5. The summed E-state index contributed by atoms with van der Waals surface area (Å²) in [5, 5.41) is 13.1. The second-order valence-electron chi connectivity index (χ2n) is 6.25. The van der Waals surface area contributed by atoms with Gasteiger partial charge in [-0.1, -0.05) is 12.1 Å². The van der Waals surface area contributed by atoms with Crippen LogP contribution in [0.5, 0.6) is 5.88 Å². The summed E-state index contributed by atoms with van der Waals surface area (Å²) < 4.78 is 84.8. The minimum absolute atomic E-state index is 0.180. The van der Waals surface area contributed by atoms with Crippen molar-refractivity contribution in [3.05, 3.63) is 59.4 Å². The van der Waals surface area contributed by atoms with Crippen molar-refractivity contribution in [2.75, 3.05) is 19.0 Å². The van der Waals surface area contributed by atoms with Crippen molar-refractivity contribution >= 4 is 16.6 Å². The van der Waals surface area contributed by atoms with Gasteiger partial charge in [0.05, 0.1) is 30.0 Å². The number of para-hydroxylation sites is 1. The number of nitrogens with one attached hydrogen (secondary N) is 1. The van der Waals surface area contributed by atoms with E-state index in [0.717, 1.165) is 6.07 Å². The minimum Gasteiger partial charge on any atom is -0.480 e. The number of aliphatic hydroxyl groups excluding tert-OH is 1. The van der Waals surface area contributed by atoms with E-state index in [-0.39, 0.29) is 23.4 Å². The highest BCUT2D eigenvalue weighted by atomic mass is 19.4. The number of fused-ring (bicyclic) bond motifs is 1. The third kappa shape index (κ3) is 4.40. The Morgan fingerprint density at radius 1 is 1.07 bits per heavy atom. The number of pyridine rings is 2. The molecule has 1 atom stereocenters. The molecule has 0 spiro atoms. The second kappa shape index (κ2) is 7.98. The van der Waals surface area contributed by atoms with E-state index in [1.807, 2.05) is 0 Å². The number of halogens is 6. The molecule has 3 rings (SSSR count). The lowest BCUT2D eigenvalue weighted by Gasteiger charge is -2.19. The molecule has 0 radical (unpaired) electrons. The maximum Gasteiger partial charge on any atom is 0.433 e. The normalized spacial score (nSPS) is 13.3. The van der Waals surface area contributed by atoms with Gasteiger partial charge in [0, 0.05) is 18.1 Å². The largest absolute Gasteiger partial charge is 0.480 e. The molecule has 0 aliphatic rings. The van der Waals surface area contributed by atoms with Gasteiger partial charge in [-0.15, -0.1) is 0 Å². The van der Waals surface area contributed by atoms with Crippen LogP contribution < -0.4 is 10.1 Å². The molecule has 11 heteroatoms. The van der Waals surface area contributed by atoms with Gasteiger partial charge in [-0.3, -0.25) is 0 Å². The lowest BCUT2D eigenvalue weighted by atomic mass is 9.99. The lowest BCUT2D eigenvalue weighted by molar-refractivity contribution is -0.142. The van der Waals surface area contributed by atoms with E-state index in [2.05, 4.69) is 15.3 Å². The second-order valence-corrected chi connectivity index (χ2v) is 6.25. The average Bonchev–Trinajstić information content (AvgIpc) is 2.69.